The Morgan fingerprint density at radius 1 is 1.25 bits per heavy atom. The van der Waals surface area contributed by atoms with Gasteiger partial charge < -0.3 is 10.0 Å². The van der Waals surface area contributed by atoms with Crippen LogP contribution >= 0.6 is 0 Å². The molecule has 16 heavy (non-hydrogen) atoms. The van der Waals surface area contributed by atoms with E-state index in [1.165, 1.54) is 0 Å². The van der Waals surface area contributed by atoms with Crippen molar-refractivity contribution in [3.05, 3.63) is 18.0 Å². The minimum absolute atomic E-state index is 0.0855. The summed E-state index contributed by atoms with van der Waals surface area (Å²) in [4.78, 5) is 10.6. The van der Waals surface area contributed by atoms with Crippen LogP contribution in [0.1, 0.15) is 32.8 Å². The maximum absolute atomic E-state index is 8.75. The number of rotatable bonds is 4. The van der Waals surface area contributed by atoms with Crippen LogP contribution in [0.25, 0.3) is 0 Å². The number of anilines is 1. The van der Waals surface area contributed by atoms with E-state index >= 15 is 0 Å². The quantitative estimate of drug-likeness (QED) is 0.842. The molecule has 4 heteroatoms. The van der Waals surface area contributed by atoms with E-state index in [4.69, 9.17) is 5.11 Å². The highest BCUT2D eigenvalue weighted by atomic mass is 16.3. The van der Waals surface area contributed by atoms with E-state index in [-0.39, 0.29) is 12.0 Å². The van der Waals surface area contributed by atoms with Crippen molar-refractivity contribution >= 4 is 5.95 Å². The fourth-order valence-electron chi connectivity index (χ4n) is 1.31. The number of aliphatic hydroxyl groups is 1. The van der Waals surface area contributed by atoms with Gasteiger partial charge in [-0.15, -0.1) is 0 Å². The van der Waals surface area contributed by atoms with Gasteiger partial charge in [-0.1, -0.05) is 20.8 Å². The third-order valence-electron chi connectivity index (χ3n) is 2.50. The van der Waals surface area contributed by atoms with Gasteiger partial charge in [-0.2, -0.15) is 0 Å². The fraction of sp³-hybridized carbons (Fsp3) is 0.667. The third-order valence-corrected chi connectivity index (χ3v) is 2.50. The summed E-state index contributed by atoms with van der Waals surface area (Å²) in [6.07, 6.45) is 4.48. The molecule has 0 aliphatic carbocycles. The predicted octanol–water partition coefficient (Wildman–Crippen LogP) is 1.59. The average Bonchev–Trinajstić information content (AvgIpc) is 2.25. The molecule has 0 atom stereocenters. The first-order valence-electron chi connectivity index (χ1n) is 5.59. The van der Waals surface area contributed by atoms with Crippen molar-refractivity contribution in [3.63, 3.8) is 0 Å². The zero-order valence-electron chi connectivity index (χ0n) is 10.6. The lowest BCUT2D eigenvalue weighted by Crippen LogP contribution is -2.22. The zero-order chi connectivity index (χ0) is 12.2. The lowest BCUT2D eigenvalue weighted by Gasteiger charge is -2.20. The smallest absolute Gasteiger partial charge is 0.224 e. The van der Waals surface area contributed by atoms with Gasteiger partial charge >= 0.3 is 0 Å². The molecule has 1 rings (SSSR count). The van der Waals surface area contributed by atoms with Crippen LogP contribution < -0.4 is 4.90 Å². The summed E-state index contributed by atoms with van der Waals surface area (Å²) in [6.45, 7) is 7.39. The Labute approximate surface area is 97.3 Å². The van der Waals surface area contributed by atoms with E-state index in [0.29, 0.717) is 5.95 Å². The standard InChI is InChI=1S/C12H21N3O/c1-12(2,3)10-8-13-11(14-9-10)15(4)6-5-7-16/h8-9,16H,5-7H2,1-4H3. The van der Waals surface area contributed by atoms with Crippen molar-refractivity contribution in [2.24, 2.45) is 0 Å². The van der Waals surface area contributed by atoms with E-state index in [9.17, 15) is 0 Å². The lowest BCUT2D eigenvalue weighted by atomic mass is 9.89. The van der Waals surface area contributed by atoms with Gasteiger partial charge in [-0.25, -0.2) is 9.97 Å². The first kappa shape index (κ1) is 12.9. The molecule has 0 radical (unpaired) electrons. The molecular formula is C12H21N3O. The van der Waals surface area contributed by atoms with E-state index < -0.39 is 0 Å². The Morgan fingerprint density at radius 2 is 1.81 bits per heavy atom. The molecule has 1 aromatic heterocycles. The molecule has 0 spiro atoms. The van der Waals surface area contributed by atoms with Gasteiger partial charge in [0.05, 0.1) is 0 Å². The van der Waals surface area contributed by atoms with Gasteiger partial charge in [-0.05, 0) is 17.4 Å². The molecule has 1 aromatic rings. The van der Waals surface area contributed by atoms with Crippen LogP contribution in [-0.4, -0.2) is 35.3 Å². The van der Waals surface area contributed by atoms with Crippen molar-refractivity contribution in [1.29, 1.82) is 0 Å². The van der Waals surface area contributed by atoms with Crippen molar-refractivity contribution in [2.45, 2.75) is 32.6 Å². The van der Waals surface area contributed by atoms with E-state index in [1.54, 1.807) is 0 Å². The monoisotopic (exact) mass is 223 g/mol. The van der Waals surface area contributed by atoms with Crippen molar-refractivity contribution in [3.8, 4) is 0 Å². The van der Waals surface area contributed by atoms with Crippen LogP contribution in [0.3, 0.4) is 0 Å². The summed E-state index contributed by atoms with van der Waals surface area (Å²) in [7, 11) is 1.93. The Balaban J connectivity index is 2.71. The van der Waals surface area contributed by atoms with Crippen LogP contribution in [0, 0.1) is 0 Å². The van der Waals surface area contributed by atoms with Crippen LogP contribution in [0.4, 0.5) is 5.95 Å². The molecule has 0 fully saturated rings. The molecule has 0 aliphatic heterocycles. The largest absolute Gasteiger partial charge is 0.396 e. The average molecular weight is 223 g/mol. The SMILES string of the molecule is CN(CCCO)c1ncc(C(C)(C)C)cn1. The summed E-state index contributed by atoms with van der Waals surface area (Å²) in [5, 5.41) is 8.75. The highest BCUT2D eigenvalue weighted by molar-refractivity contribution is 5.29. The van der Waals surface area contributed by atoms with Crippen molar-refractivity contribution in [1.82, 2.24) is 9.97 Å². The van der Waals surface area contributed by atoms with Gasteiger partial charge in [0.2, 0.25) is 5.95 Å². The minimum atomic E-state index is 0.0855. The molecule has 0 bridgehead atoms. The molecule has 0 saturated carbocycles. The normalized spacial score (nSPS) is 11.6. The van der Waals surface area contributed by atoms with E-state index in [0.717, 1.165) is 18.5 Å². The maximum Gasteiger partial charge on any atom is 0.224 e. The minimum Gasteiger partial charge on any atom is -0.396 e. The third kappa shape index (κ3) is 3.45. The first-order valence-corrected chi connectivity index (χ1v) is 5.59. The topological polar surface area (TPSA) is 49.2 Å². The second-order valence-corrected chi connectivity index (χ2v) is 5.02. The van der Waals surface area contributed by atoms with Gasteiger partial charge in [0.15, 0.2) is 0 Å². The lowest BCUT2D eigenvalue weighted by molar-refractivity contribution is 0.290. The highest BCUT2D eigenvalue weighted by Crippen LogP contribution is 2.21. The number of aromatic nitrogens is 2. The summed E-state index contributed by atoms with van der Waals surface area (Å²) in [6, 6.07) is 0. The van der Waals surface area contributed by atoms with Crippen LogP contribution in [0.5, 0.6) is 0 Å². The summed E-state index contributed by atoms with van der Waals surface area (Å²) >= 11 is 0. The molecule has 0 aliphatic rings. The molecule has 0 saturated heterocycles. The zero-order valence-corrected chi connectivity index (χ0v) is 10.6. The summed E-state index contributed by atoms with van der Waals surface area (Å²) < 4.78 is 0. The van der Waals surface area contributed by atoms with E-state index in [2.05, 4.69) is 30.7 Å². The molecule has 1 heterocycles. The first-order chi connectivity index (χ1) is 7.45. The maximum atomic E-state index is 8.75. The number of nitrogens with zero attached hydrogens (tertiary/aromatic N) is 3. The molecule has 0 aromatic carbocycles. The second kappa shape index (κ2) is 5.25. The van der Waals surface area contributed by atoms with Crippen LogP contribution in [0.15, 0.2) is 12.4 Å². The number of hydrogen-bond donors (Lipinski definition) is 1. The van der Waals surface area contributed by atoms with Gasteiger partial charge in [0, 0.05) is 32.6 Å². The van der Waals surface area contributed by atoms with Crippen molar-refractivity contribution in [2.75, 3.05) is 25.1 Å². The Hall–Kier alpha value is -1.16. The number of hydrogen-bond acceptors (Lipinski definition) is 4. The van der Waals surface area contributed by atoms with Gasteiger partial charge in [0.25, 0.3) is 0 Å². The summed E-state index contributed by atoms with van der Waals surface area (Å²) in [5.74, 6) is 0.710. The molecule has 90 valence electrons. The van der Waals surface area contributed by atoms with Crippen LogP contribution in [0.2, 0.25) is 0 Å². The molecular weight excluding hydrogens is 202 g/mol. The summed E-state index contributed by atoms with van der Waals surface area (Å²) in [5.41, 5.74) is 1.22. The Kier molecular flexibility index (Phi) is 4.24. The number of aliphatic hydroxyl groups excluding tert-OH is 1. The molecule has 1 N–H and O–H groups in total. The fourth-order valence-corrected chi connectivity index (χ4v) is 1.31. The predicted molar refractivity (Wildman–Crippen MR) is 65.7 cm³/mol. The highest BCUT2D eigenvalue weighted by Gasteiger charge is 2.15. The van der Waals surface area contributed by atoms with Crippen LogP contribution in [-0.2, 0) is 5.41 Å². The molecule has 4 nitrogen and oxygen atoms in total. The molecule has 0 unspecified atom stereocenters. The Morgan fingerprint density at radius 3 is 2.25 bits per heavy atom. The van der Waals surface area contributed by atoms with Gasteiger partial charge in [0.1, 0.15) is 0 Å². The molecule has 0 amide bonds. The van der Waals surface area contributed by atoms with Gasteiger partial charge in [-0.3, -0.25) is 0 Å². The Bertz CT molecular complexity index is 316. The second-order valence-electron chi connectivity index (χ2n) is 5.02. The van der Waals surface area contributed by atoms with Crippen molar-refractivity contribution < 1.29 is 5.11 Å². The van der Waals surface area contributed by atoms with E-state index in [1.807, 2.05) is 24.3 Å².